The van der Waals surface area contributed by atoms with Crippen LogP contribution in [0.3, 0.4) is 0 Å². The Kier molecular flexibility index (Phi) is 3.71. The minimum Gasteiger partial charge on any atom is -0.460 e. The van der Waals surface area contributed by atoms with Gasteiger partial charge in [0.15, 0.2) is 5.78 Å². The molecule has 128 valence electrons. The van der Waals surface area contributed by atoms with Crippen LogP contribution in [0, 0.1) is 0 Å². The fourth-order valence-electron chi connectivity index (χ4n) is 4.14. The Bertz CT molecular complexity index is 1060. The molecule has 5 rings (SSSR count). The van der Waals surface area contributed by atoms with Crippen molar-refractivity contribution < 1.29 is 9.53 Å². The first kappa shape index (κ1) is 15.8. The van der Waals surface area contributed by atoms with Gasteiger partial charge in [-0.25, -0.2) is 0 Å². The van der Waals surface area contributed by atoms with Crippen molar-refractivity contribution in [3.63, 3.8) is 0 Å². The standard InChI is InChI=1S/C23H17BrO2/c24-16-11-8-15(9-12-16)21-18-13-10-14-4-1-2-5-17(14)23(18)26-20-7-3-6-19(25)22(20)21/h1-2,4-5,8-13,21H,3,6-7H2. The Hall–Kier alpha value is -2.39. The van der Waals surface area contributed by atoms with Crippen LogP contribution in [0.4, 0.5) is 0 Å². The quantitative estimate of drug-likeness (QED) is 0.487. The van der Waals surface area contributed by atoms with Crippen molar-refractivity contribution >= 4 is 32.5 Å². The van der Waals surface area contributed by atoms with Crippen LogP contribution in [0.5, 0.6) is 5.75 Å². The molecule has 3 aromatic carbocycles. The van der Waals surface area contributed by atoms with Crippen molar-refractivity contribution in [2.75, 3.05) is 0 Å². The van der Waals surface area contributed by atoms with Crippen LogP contribution in [-0.4, -0.2) is 5.78 Å². The van der Waals surface area contributed by atoms with Gasteiger partial charge in [-0.05, 0) is 29.5 Å². The Morgan fingerprint density at radius 3 is 2.58 bits per heavy atom. The zero-order valence-electron chi connectivity index (χ0n) is 14.2. The van der Waals surface area contributed by atoms with Crippen LogP contribution in [0.25, 0.3) is 10.8 Å². The lowest BCUT2D eigenvalue weighted by atomic mass is 9.76. The molecule has 1 aliphatic heterocycles. The summed E-state index contributed by atoms with van der Waals surface area (Å²) in [5.74, 6) is 1.93. The molecule has 3 aromatic rings. The highest BCUT2D eigenvalue weighted by Crippen LogP contribution is 2.49. The number of hydrogen-bond donors (Lipinski definition) is 0. The fraction of sp³-hybridized carbons (Fsp3) is 0.174. The van der Waals surface area contributed by atoms with E-state index in [1.807, 2.05) is 24.3 Å². The summed E-state index contributed by atoms with van der Waals surface area (Å²) < 4.78 is 7.38. The predicted octanol–water partition coefficient (Wildman–Crippen LogP) is 6.13. The van der Waals surface area contributed by atoms with Crippen LogP contribution in [-0.2, 0) is 4.79 Å². The molecule has 1 atom stereocenters. The first-order valence-corrected chi connectivity index (χ1v) is 9.73. The van der Waals surface area contributed by atoms with Gasteiger partial charge in [-0.3, -0.25) is 4.79 Å². The third kappa shape index (κ3) is 2.42. The summed E-state index contributed by atoms with van der Waals surface area (Å²) in [7, 11) is 0. The van der Waals surface area contributed by atoms with E-state index in [-0.39, 0.29) is 11.7 Å². The van der Waals surface area contributed by atoms with Gasteiger partial charge in [0.05, 0.1) is 0 Å². The molecule has 0 saturated carbocycles. The molecule has 0 spiro atoms. The predicted molar refractivity (Wildman–Crippen MR) is 106 cm³/mol. The highest BCUT2D eigenvalue weighted by atomic mass is 79.9. The molecular weight excluding hydrogens is 388 g/mol. The van der Waals surface area contributed by atoms with Gasteiger partial charge in [0, 0.05) is 39.8 Å². The van der Waals surface area contributed by atoms with Gasteiger partial charge < -0.3 is 4.74 Å². The third-order valence-electron chi connectivity index (χ3n) is 5.35. The number of hydrogen-bond acceptors (Lipinski definition) is 2. The normalized spacial score (nSPS) is 19.1. The number of Topliss-reactive ketones (excluding diaryl/α,β-unsaturated/α-hetero) is 1. The highest BCUT2D eigenvalue weighted by Gasteiger charge is 2.37. The second-order valence-electron chi connectivity index (χ2n) is 6.91. The summed E-state index contributed by atoms with van der Waals surface area (Å²) in [5.41, 5.74) is 3.07. The Labute approximate surface area is 160 Å². The van der Waals surface area contributed by atoms with Gasteiger partial charge in [0.25, 0.3) is 0 Å². The zero-order valence-corrected chi connectivity index (χ0v) is 15.8. The average Bonchev–Trinajstić information content (AvgIpc) is 2.67. The molecule has 1 unspecified atom stereocenters. The van der Waals surface area contributed by atoms with E-state index in [1.165, 1.54) is 0 Å². The maximum Gasteiger partial charge on any atom is 0.163 e. The first-order chi connectivity index (χ1) is 12.7. The molecule has 26 heavy (non-hydrogen) atoms. The molecule has 0 aromatic heterocycles. The van der Waals surface area contributed by atoms with Gasteiger partial charge in [-0.1, -0.05) is 64.5 Å². The summed E-state index contributed by atoms with van der Waals surface area (Å²) in [6.07, 6.45) is 2.31. The SMILES string of the molecule is O=C1CCCC2=C1C(c1ccc(Br)cc1)c1ccc3ccccc3c1O2. The summed E-state index contributed by atoms with van der Waals surface area (Å²) in [6.45, 7) is 0. The highest BCUT2D eigenvalue weighted by molar-refractivity contribution is 9.10. The lowest BCUT2D eigenvalue weighted by Gasteiger charge is -2.33. The number of carbonyl (C=O) groups is 1. The van der Waals surface area contributed by atoms with Crippen LogP contribution < -0.4 is 4.74 Å². The molecular formula is C23H17BrO2. The van der Waals surface area contributed by atoms with Crippen LogP contribution in [0.1, 0.15) is 36.3 Å². The maximum absolute atomic E-state index is 12.8. The van der Waals surface area contributed by atoms with Crippen LogP contribution >= 0.6 is 15.9 Å². The first-order valence-electron chi connectivity index (χ1n) is 8.93. The molecule has 0 N–H and O–H groups in total. The van der Waals surface area contributed by atoms with E-state index in [0.717, 1.165) is 56.3 Å². The zero-order chi connectivity index (χ0) is 17.7. The van der Waals surface area contributed by atoms with Gasteiger partial charge in [0.2, 0.25) is 0 Å². The fourth-order valence-corrected chi connectivity index (χ4v) is 4.41. The van der Waals surface area contributed by atoms with E-state index < -0.39 is 0 Å². The average molecular weight is 405 g/mol. The molecule has 1 heterocycles. The van der Waals surface area contributed by atoms with E-state index in [0.29, 0.717) is 6.42 Å². The van der Waals surface area contributed by atoms with Crippen molar-refractivity contribution in [2.24, 2.45) is 0 Å². The molecule has 2 aliphatic rings. The van der Waals surface area contributed by atoms with E-state index in [4.69, 9.17) is 4.74 Å². The maximum atomic E-state index is 12.8. The lowest BCUT2D eigenvalue weighted by molar-refractivity contribution is -0.116. The second-order valence-corrected chi connectivity index (χ2v) is 7.82. The molecule has 0 radical (unpaired) electrons. The summed E-state index contributed by atoms with van der Waals surface area (Å²) in [4.78, 5) is 12.8. The molecule has 2 nitrogen and oxygen atoms in total. The number of ketones is 1. The van der Waals surface area contributed by atoms with Crippen molar-refractivity contribution in [1.82, 2.24) is 0 Å². The summed E-state index contributed by atoms with van der Waals surface area (Å²) in [5, 5.41) is 2.27. The van der Waals surface area contributed by atoms with Gasteiger partial charge in [-0.15, -0.1) is 0 Å². The second kappa shape index (κ2) is 6.10. The number of ether oxygens (including phenoxy) is 1. The minimum atomic E-state index is -0.0562. The largest absolute Gasteiger partial charge is 0.460 e. The number of rotatable bonds is 1. The minimum absolute atomic E-state index is 0.0562. The number of allylic oxidation sites excluding steroid dienone is 2. The smallest absolute Gasteiger partial charge is 0.163 e. The van der Waals surface area contributed by atoms with E-state index in [1.54, 1.807) is 0 Å². The Balaban J connectivity index is 1.80. The van der Waals surface area contributed by atoms with Gasteiger partial charge in [-0.2, -0.15) is 0 Å². The summed E-state index contributed by atoms with van der Waals surface area (Å²) >= 11 is 3.51. The molecule has 0 amide bonds. The van der Waals surface area contributed by atoms with E-state index >= 15 is 0 Å². The van der Waals surface area contributed by atoms with Crippen molar-refractivity contribution in [3.8, 4) is 5.75 Å². The molecule has 3 heteroatoms. The molecule has 0 saturated heterocycles. The number of carbonyl (C=O) groups excluding carboxylic acids is 1. The monoisotopic (exact) mass is 404 g/mol. The topological polar surface area (TPSA) is 26.3 Å². The van der Waals surface area contributed by atoms with E-state index in [2.05, 4.69) is 52.3 Å². The Morgan fingerprint density at radius 1 is 0.923 bits per heavy atom. The van der Waals surface area contributed by atoms with Crippen molar-refractivity contribution in [2.45, 2.75) is 25.2 Å². The molecule has 0 bridgehead atoms. The molecule has 1 aliphatic carbocycles. The van der Waals surface area contributed by atoms with Gasteiger partial charge >= 0.3 is 0 Å². The number of fused-ring (bicyclic) bond motifs is 3. The van der Waals surface area contributed by atoms with E-state index in [9.17, 15) is 4.79 Å². The lowest BCUT2D eigenvalue weighted by Crippen LogP contribution is -2.25. The van der Waals surface area contributed by atoms with Crippen LogP contribution in [0.2, 0.25) is 0 Å². The molecule has 0 fully saturated rings. The number of halogens is 1. The van der Waals surface area contributed by atoms with Crippen molar-refractivity contribution in [3.05, 3.63) is 87.6 Å². The van der Waals surface area contributed by atoms with Crippen molar-refractivity contribution in [1.29, 1.82) is 0 Å². The Morgan fingerprint density at radius 2 is 1.73 bits per heavy atom. The summed E-state index contributed by atoms with van der Waals surface area (Å²) in [6, 6.07) is 20.8. The number of benzene rings is 3. The van der Waals surface area contributed by atoms with Gasteiger partial charge in [0.1, 0.15) is 11.5 Å². The third-order valence-corrected chi connectivity index (χ3v) is 5.88. The van der Waals surface area contributed by atoms with Crippen LogP contribution in [0.15, 0.2) is 76.5 Å².